The van der Waals surface area contributed by atoms with Crippen LogP contribution in [0.3, 0.4) is 0 Å². The molecule has 0 aromatic carbocycles. The van der Waals surface area contributed by atoms with Crippen molar-refractivity contribution >= 4 is 15.9 Å². The summed E-state index contributed by atoms with van der Waals surface area (Å²) >= 11 is 0. The van der Waals surface area contributed by atoms with Gasteiger partial charge in [0.1, 0.15) is 10.6 Å². The maximum absolute atomic E-state index is 12.4. The molecule has 2 atom stereocenters. The van der Waals surface area contributed by atoms with Gasteiger partial charge < -0.3 is 9.88 Å². The molecule has 1 rings (SSSR count). The standard InChI is InChI=1S/C14H25N3O3S/c1-6-10(4)11(5)16-14(18)13-7-12(21(15,19)20)8-17(13)9(2)3/h7-11H,6H2,1-5H3,(H,16,18)(H2,15,19,20). The Labute approximate surface area is 126 Å². The van der Waals surface area contributed by atoms with E-state index in [0.717, 1.165) is 6.42 Å². The predicted molar refractivity (Wildman–Crippen MR) is 82.6 cm³/mol. The van der Waals surface area contributed by atoms with Crippen LogP contribution in [0.25, 0.3) is 0 Å². The van der Waals surface area contributed by atoms with Crippen LogP contribution < -0.4 is 10.5 Å². The van der Waals surface area contributed by atoms with E-state index in [1.54, 1.807) is 4.57 Å². The van der Waals surface area contributed by atoms with Gasteiger partial charge in [-0.25, -0.2) is 13.6 Å². The zero-order chi connectivity index (χ0) is 16.4. The number of rotatable bonds is 6. The molecule has 120 valence electrons. The van der Waals surface area contributed by atoms with Gasteiger partial charge in [0.15, 0.2) is 0 Å². The molecule has 7 heteroatoms. The van der Waals surface area contributed by atoms with Gasteiger partial charge in [0, 0.05) is 18.3 Å². The van der Waals surface area contributed by atoms with Crippen molar-refractivity contribution in [2.75, 3.05) is 0 Å². The van der Waals surface area contributed by atoms with Crippen LogP contribution in [-0.2, 0) is 10.0 Å². The summed E-state index contributed by atoms with van der Waals surface area (Å²) in [7, 11) is -3.82. The Kier molecular flexibility index (Phi) is 5.58. The Morgan fingerprint density at radius 3 is 2.33 bits per heavy atom. The third-order valence-corrected chi connectivity index (χ3v) is 4.68. The van der Waals surface area contributed by atoms with Crippen LogP contribution in [0.5, 0.6) is 0 Å². The monoisotopic (exact) mass is 315 g/mol. The minimum atomic E-state index is -3.82. The number of primary sulfonamides is 1. The van der Waals surface area contributed by atoms with Crippen molar-refractivity contribution in [2.45, 2.75) is 58.0 Å². The fourth-order valence-electron chi connectivity index (χ4n) is 2.00. The molecule has 1 aromatic heterocycles. The fraction of sp³-hybridized carbons (Fsp3) is 0.643. The zero-order valence-electron chi connectivity index (χ0n) is 13.3. The van der Waals surface area contributed by atoms with Gasteiger partial charge >= 0.3 is 0 Å². The lowest BCUT2D eigenvalue weighted by atomic mass is 10.0. The van der Waals surface area contributed by atoms with Crippen molar-refractivity contribution in [1.29, 1.82) is 0 Å². The van der Waals surface area contributed by atoms with Crippen molar-refractivity contribution in [1.82, 2.24) is 9.88 Å². The minimum absolute atomic E-state index is 0.0101. The van der Waals surface area contributed by atoms with Gasteiger partial charge in [-0.2, -0.15) is 0 Å². The smallest absolute Gasteiger partial charge is 0.268 e. The summed E-state index contributed by atoms with van der Waals surface area (Å²) in [6, 6.07) is 1.30. The molecule has 3 N–H and O–H groups in total. The van der Waals surface area contributed by atoms with Gasteiger partial charge in [0.2, 0.25) is 10.0 Å². The van der Waals surface area contributed by atoms with Crippen LogP contribution in [0.1, 0.15) is 57.6 Å². The summed E-state index contributed by atoms with van der Waals surface area (Å²) in [6.07, 6.45) is 2.36. The predicted octanol–water partition coefficient (Wildman–Crippen LogP) is 1.88. The van der Waals surface area contributed by atoms with Crippen LogP contribution in [-0.4, -0.2) is 24.9 Å². The molecule has 0 bridgehead atoms. The third kappa shape index (κ3) is 4.31. The summed E-state index contributed by atoms with van der Waals surface area (Å²) in [5, 5.41) is 8.05. The number of aromatic nitrogens is 1. The molecule has 6 nitrogen and oxygen atoms in total. The number of hydrogen-bond acceptors (Lipinski definition) is 3. The molecule has 1 heterocycles. The summed E-state index contributed by atoms with van der Waals surface area (Å²) in [4.78, 5) is 12.3. The number of nitrogens with zero attached hydrogens (tertiary/aromatic N) is 1. The summed E-state index contributed by atoms with van der Waals surface area (Å²) in [5.74, 6) is 0.0560. The van der Waals surface area contributed by atoms with Crippen LogP contribution >= 0.6 is 0 Å². The average Bonchev–Trinajstić information content (AvgIpc) is 2.82. The highest BCUT2D eigenvalue weighted by atomic mass is 32.2. The second kappa shape index (κ2) is 6.62. The summed E-state index contributed by atoms with van der Waals surface area (Å²) in [6.45, 7) is 9.81. The lowest BCUT2D eigenvalue weighted by Gasteiger charge is -2.21. The Balaban J connectivity index is 3.11. The molecule has 0 saturated heterocycles. The van der Waals surface area contributed by atoms with Gasteiger partial charge in [0.25, 0.3) is 5.91 Å². The summed E-state index contributed by atoms with van der Waals surface area (Å²) in [5.41, 5.74) is 0.309. The quantitative estimate of drug-likeness (QED) is 0.839. The first-order valence-electron chi connectivity index (χ1n) is 7.13. The van der Waals surface area contributed by atoms with E-state index in [2.05, 4.69) is 19.2 Å². The maximum Gasteiger partial charge on any atom is 0.268 e. The Bertz CT molecular complexity index is 605. The second-order valence-corrected chi connectivity index (χ2v) is 7.32. The molecule has 0 aliphatic carbocycles. The third-order valence-electron chi connectivity index (χ3n) is 3.80. The number of sulfonamides is 1. The van der Waals surface area contributed by atoms with Crippen LogP contribution in [0.2, 0.25) is 0 Å². The topological polar surface area (TPSA) is 94.2 Å². The number of nitrogens with one attached hydrogen (secondary N) is 1. The minimum Gasteiger partial charge on any atom is -0.348 e. The first kappa shape index (κ1) is 17.7. The molecule has 0 fully saturated rings. The SMILES string of the molecule is CCC(C)C(C)NC(=O)c1cc(S(N)(=O)=O)cn1C(C)C. The van der Waals surface area contributed by atoms with E-state index in [4.69, 9.17) is 5.14 Å². The molecule has 1 amide bonds. The Hall–Kier alpha value is -1.34. The van der Waals surface area contributed by atoms with Crippen molar-refractivity contribution in [3.63, 3.8) is 0 Å². The van der Waals surface area contributed by atoms with E-state index in [-0.39, 0.29) is 22.9 Å². The first-order valence-corrected chi connectivity index (χ1v) is 8.68. The number of hydrogen-bond donors (Lipinski definition) is 2. The molecular formula is C14H25N3O3S. The van der Waals surface area contributed by atoms with E-state index in [0.29, 0.717) is 11.6 Å². The van der Waals surface area contributed by atoms with Crippen LogP contribution in [0, 0.1) is 5.92 Å². The average molecular weight is 315 g/mol. The maximum atomic E-state index is 12.4. The van der Waals surface area contributed by atoms with E-state index < -0.39 is 10.0 Å². The van der Waals surface area contributed by atoms with Crippen LogP contribution in [0.15, 0.2) is 17.2 Å². The normalized spacial score (nSPS) is 15.0. The van der Waals surface area contributed by atoms with Gasteiger partial charge in [-0.15, -0.1) is 0 Å². The molecule has 0 aliphatic rings. The van der Waals surface area contributed by atoms with Gasteiger partial charge in [-0.3, -0.25) is 4.79 Å². The molecule has 0 radical (unpaired) electrons. The van der Waals surface area contributed by atoms with Crippen molar-refractivity contribution in [3.05, 3.63) is 18.0 Å². The van der Waals surface area contributed by atoms with Crippen molar-refractivity contribution in [2.24, 2.45) is 11.1 Å². The van der Waals surface area contributed by atoms with E-state index in [1.807, 2.05) is 20.8 Å². The molecular weight excluding hydrogens is 290 g/mol. The van der Waals surface area contributed by atoms with Crippen LogP contribution in [0.4, 0.5) is 0 Å². The lowest BCUT2D eigenvalue weighted by Crippen LogP contribution is -2.37. The highest BCUT2D eigenvalue weighted by Gasteiger charge is 2.22. The Morgan fingerprint density at radius 1 is 1.33 bits per heavy atom. The molecule has 0 spiro atoms. The lowest BCUT2D eigenvalue weighted by molar-refractivity contribution is 0.0917. The molecule has 0 saturated carbocycles. The number of nitrogens with two attached hydrogens (primary N) is 1. The number of amides is 1. The van der Waals surface area contributed by atoms with E-state index in [1.165, 1.54) is 12.3 Å². The zero-order valence-corrected chi connectivity index (χ0v) is 14.1. The number of carbonyl (C=O) groups excluding carboxylic acids is 1. The van der Waals surface area contributed by atoms with Gasteiger partial charge in [-0.05, 0) is 32.8 Å². The Morgan fingerprint density at radius 2 is 1.90 bits per heavy atom. The van der Waals surface area contributed by atoms with Gasteiger partial charge in [0.05, 0.1) is 0 Å². The highest BCUT2D eigenvalue weighted by molar-refractivity contribution is 7.89. The first-order chi connectivity index (χ1) is 9.57. The van der Waals surface area contributed by atoms with Crippen molar-refractivity contribution < 1.29 is 13.2 Å². The summed E-state index contributed by atoms with van der Waals surface area (Å²) < 4.78 is 24.5. The molecule has 2 unspecified atom stereocenters. The number of carbonyl (C=O) groups is 1. The second-order valence-electron chi connectivity index (χ2n) is 5.75. The van der Waals surface area contributed by atoms with E-state index in [9.17, 15) is 13.2 Å². The van der Waals surface area contributed by atoms with Gasteiger partial charge in [-0.1, -0.05) is 20.3 Å². The van der Waals surface area contributed by atoms with E-state index >= 15 is 0 Å². The highest BCUT2D eigenvalue weighted by Crippen LogP contribution is 2.18. The fourth-order valence-corrected chi connectivity index (χ4v) is 2.53. The van der Waals surface area contributed by atoms with Crippen molar-refractivity contribution in [3.8, 4) is 0 Å². The molecule has 0 aliphatic heterocycles. The molecule has 1 aromatic rings. The molecule has 21 heavy (non-hydrogen) atoms. The largest absolute Gasteiger partial charge is 0.348 e.